The van der Waals surface area contributed by atoms with Gasteiger partial charge in [-0.15, -0.1) is 4.91 Å². The van der Waals surface area contributed by atoms with Crippen LogP contribution >= 0.6 is 0 Å². The second kappa shape index (κ2) is 3.38. The summed E-state index contributed by atoms with van der Waals surface area (Å²) >= 11 is 0. The lowest BCUT2D eigenvalue weighted by atomic mass is 9.93. The molecule has 6 nitrogen and oxygen atoms in total. The minimum absolute atomic E-state index is 0.591. The van der Waals surface area contributed by atoms with E-state index in [1.807, 2.05) is 0 Å². The van der Waals surface area contributed by atoms with Crippen molar-refractivity contribution in [3.8, 4) is 0 Å². The molecule has 0 aromatic carbocycles. The molecule has 6 heteroatoms. The second-order valence-corrected chi connectivity index (χ2v) is 3.03. The molecule has 12 heavy (non-hydrogen) atoms. The molecule has 0 radical (unpaired) electrons. The van der Waals surface area contributed by atoms with E-state index in [-0.39, 0.29) is 0 Å². The fraction of sp³-hybridized carbons (Fsp3) is 0.833. The van der Waals surface area contributed by atoms with Gasteiger partial charge in [0.15, 0.2) is 5.78 Å². The first kappa shape index (κ1) is 10.7. The number of hydrogen-bond acceptors (Lipinski definition) is 5. The molecule has 0 saturated heterocycles. The molecular weight excluding hydrogens is 164 g/mol. The van der Waals surface area contributed by atoms with E-state index >= 15 is 0 Å². The van der Waals surface area contributed by atoms with Crippen LogP contribution in [0.15, 0.2) is 5.18 Å². The molecule has 0 fully saturated rings. The molecule has 0 aromatic heterocycles. The van der Waals surface area contributed by atoms with Gasteiger partial charge in [0.05, 0.1) is 0 Å². The summed E-state index contributed by atoms with van der Waals surface area (Å²) in [6.45, 7) is 3.50. The smallest absolute Gasteiger partial charge is 0.249 e. The van der Waals surface area contributed by atoms with Gasteiger partial charge < -0.3 is 0 Å². The zero-order valence-electron chi connectivity index (χ0n) is 7.10. The maximum absolute atomic E-state index is 10.7. The number of carbonyl (C=O) groups excluding carboxylic acids is 1. The minimum Gasteiger partial charge on any atom is -0.297 e. The van der Waals surface area contributed by atoms with Crippen molar-refractivity contribution in [3.63, 3.8) is 0 Å². The van der Waals surface area contributed by atoms with Crippen LogP contribution in [0.4, 0.5) is 0 Å². The molecule has 68 valence electrons. The largest absolute Gasteiger partial charge is 0.297 e. The van der Waals surface area contributed by atoms with Gasteiger partial charge in [-0.25, -0.2) is 0 Å². The van der Waals surface area contributed by atoms with Gasteiger partial charge >= 0.3 is 0 Å². The lowest BCUT2D eigenvalue weighted by Crippen LogP contribution is -2.46. The third-order valence-electron chi connectivity index (χ3n) is 1.63. The quantitative estimate of drug-likeness (QED) is 0.357. The Morgan fingerprint density at radius 1 is 1.58 bits per heavy atom. The lowest BCUT2D eigenvalue weighted by Gasteiger charge is -2.17. The number of rotatable bonds is 4. The SMILES string of the molecule is CC(=O)C(N=O)C(C)(C)[N+](=O)[O-]. The van der Waals surface area contributed by atoms with Crippen molar-refractivity contribution in [3.05, 3.63) is 15.0 Å². The predicted molar refractivity (Wildman–Crippen MR) is 41.3 cm³/mol. The predicted octanol–water partition coefficient (Wildman–Crippen LogP) is 0.766. The number of carbonyl (C=O) groups is 1. The molecule has 0 N–H and O–H groups in total. The van der Waals surface area contributed by atoms with Gasteiger partial charge in [0.25, 0.3) is 0 Å². The van der Waals surface area contributed by atoms with Crippen molar-refractivity contribution in [1.29, 1.82) is 0 Å². The average molecular weight is 174 g/mol. The second-order valence-electron chi connectivity index (χ2n) is 3.03. The zero-order chi connectivity index (χ0) is 9.94. The van der Waals surface area contributed by atoms with E-state index in [9.17, 15) is 19.8 Å². The van der Waals surface area contributed by atoms with Crippen LogP contribution in [-0.4, -0.2) is 22.3 Å². The summed E-state index contributed by atoms with van der Waals surface area (Å²) in [7, 11) is 0. The van der Waals surface area contributed by atoms with Crippen LogP contribution in [0.2, 0.25) is 0 Å². The van der Waals surface area contributed by atoms with E-state index in [1.54, 1.807) is 0 Å². The monoisotopic (exact) mass is 174 g/mol. The molecule has 0 spiro atoms. The maximum atomic E-state index is 10.7. The van der Waals surface area contributed by atoms with Crippen molar-refractivity contribution in [2.45, 2.75) is 32.4 Å². The molecule has 0 rings (SSSR count). The van der Waals surface area contributed by atoms with Crippen LogP contribution in [0.3, 0.4) is 0 Å². The van der Waals surface area contributed by atoms with Crippen molar-refractivity contribution in [2.75, 3.05) is 0 Å². The van der Waals surface area contributed by atoms with Gasteiger partial charge in [-0.1, -0.05) is 5.18 Å². The highest BCUT2D eigenvalue weighted by Crippen LogP contribution is 2.17. The average Bonchev–Trinajstić information content (AvgIpc) is 1.86. The fourth-order valence-corrected chi connectivity index (χ4v) is 0.800. The summed E-state index contributed by atoms with van der Waals surface area (Å²) in [5.74, 6) is -0.591. The number of Topliss-reactive ketones (excluding diaryl/α,β-unsaturated/α-hetero) is 1. The normalized spacial score (nSPS) is 13.6. The van der Waals surface area contributed by atoms with Crippen molar-refractivity contribution >= 4 is 5.78 Å². The highest BCUT2D eigenvalue weighted by atomic mass is 16.6. The number of nitro groups is 1. The molecule has 0 aliphatic rings. The Bertz CT molecular complexity index is 224. The molecule has 0 aliphatic heterocycles. The Labute approximate surface area is 69.1 Å². The van der Waals surface area contributed by atoms with E-state index in [4.69, 9.17) is 0 Å². The summed E-state index contributed by atoms with van der Waals surface area (Å²) < 4.78 is 0. The van der Waals surface area contributed by atoms with Gasteiger partial charge in [-0.05, 0) is 6.92 Å². The minimum atomic E-state index is -1.62. The number of nitrogens with zero attached hydrogens (tertiary/aromatic N) is 2. The molecule has 1 unspecified atom stereocenters. The Morgan fingerprint density at radius 3 is 2.08 bits per heavy atom. The lowest BCUT2D eigenvalue weighted by molar-refractivity contribution is -0.561. The van der Waals surface area contributed by atoms with Crippen LogP contribution < -0.4 is 0 Å². The van der Waals surface area contributed by atoms with Crippen LogP contribution in [0, 0.1) is 15.0 Å². The Morgan fingerprint density at radius 2 is 2.00 bits per heavy atom. The van der Waals surface area contributed by atoms with E-state index in [0.29, 0.717) is 0 Å². The van der Waals surface area contributed by atoms with E-state index < -0.39 is 22.3 Å². The number of ketones is 1. The number of nitroso groups, excluding NO2 is 1. The van der Waals surface area contributed by atoms with Crippen LogP contribution in [0.25, 0.3) is 0 Å². The van der Waals surface area contributed by atoms with E-state index in [2.05, 4.69) is 5.18 Å². The molecule has 0 saturated carbocycles. The summed E-state index contributed by atoms with van der Waals surface area (Å²) in [4.78, 5) is 30.6. The standard InChI is InChI=1S/C6H10N2O4/c1-4(9)5(7-10)6(2,3)8(11)12/h5H,1-3H3. The molecular formula is C6H10N2O4. The fourth-order valence-electron chi connectivity index (χ4n) is 0.800. The zero-order valence-corrected chi connectivity index (χ0v) is 7.10. The Hall–Kier alpha value is -1.33. The van der Waals surface area contributed by atoms with Gasteiger partial charge in [-0.2, -0.15) is 0 Å². The van der Waals surface area contributed by atoms with Gasteiger partial charge in [-0.3, -0.25) is 14.9 Å². The van der Waals surface area contributed by atoms with Crippen LogP contribution in [-0.2, 0) is 4.79 Å². The van der Waals surface area contributed by atoms with E-state index in [0.717, 1.165) is 6.92 Å². The first-order chi connectivity index (χ1) is 5.34. The third-order valence-corrected chi connectivity index (χ3v) is 1.63. The summed E-state index contributed by atoms with van der Waals surface area (Å²) in [5, 5.41) is 12.8. The van der Waals surface area contributed by atoms with Gasteiger partial charge in [0, 0.05) is 18.8 Å². The molecule has 0 bridgehead atoms. The molecule has 0 aliphatic carbocycles. The van der Waals surface area contributed by atoms with Gasteiger partial charge in [0.2, 0.25) is 11.6 Å². The van der Waals surface area contributed by atoms with Crippen molar-refractivity contribution in [1.82, 2.24) is 0 Å². The van der Waals surface area contributed by atoms with Gasteiger partial charge in [0.1, 0.15) is 0 Å². The summed E-state index contributed by atoms with van der Waals surface area (Å²) in [5.41, 5.74) is -1.62. The molecule has 0 aromatic rings. The molecule has 0 amide bonds. The maximum Gasteiger partial charge on any atom is 0.249 e. The highest BCUT2D eigenvalue weighted by Gasteiger charge is 2.45. The molecule has 0 heterocycles. The van der Waals surface area contributed by atoms with E-state index in [1.165, 1.54) is 13.8 Å². The Kier molecular flexibility index (Phi) is 3.00. The van der Waals surface area contributed by atoms with Crippen molar-refractivity contribution < 1.29 is 9.72 Å². The molecule has 1 atom stereocenters. The van der Waals surface area contributed by atoms with Crippen molar-refractivity contribution in [2.24, 2.45) is 5.18 Å². The summed E-state index contributed by atoms with van der Waals surface area (Å²) in [6, 6.07) is -1.41. The first-order valence-electron chi connectivity index (χ1n) is 3.31. The third kappa shape index (κ3) is 1.84. The van der Waals surface area contributed by atoms with Crippen LogP contribution in [0.5, 0.6) is 0 Å². The topological polar surface area (TPSA) is 89.6 Å². The Balaban J connectivity index is 4.83. The summed E-state index contributed by atoms with van der Waals surface area (Å²) in [6.07, 6.45) is 0. The highest BCUT2D eigenvalue weighted by molar-refractivity contribution is 5.82. The van der Waals surface area contributed by atoms with Crippen LogP contribution in [0.1, 0.15) is 20.8 Å². The number of hydrogen-bond donors (Lipinski definition) is 0. The first-order valence-corrected chi connectivity index (χ1v) is 3.31.